The summed E-state index contributed by atoms with van der Waals surface area (Å²) in [6, 6.07) is 40.9. The van der Waals surface area contributed by atoms with E-state index < -0.39 is 18.7 Å². The minimum absolute atomic E-state index is 0.498. The van der Waals surface area contributed by atoms with E-state index in [-0.39, 0.29) is 0 Å². The van der Waals surface area contributed by atoms with Crippen LogP contribution in [-0.2, 0) is 9.98 Å². The highest BCUT2D eigenvalue weighted by molar-refractivity contribution is 7.76. The van der Waals surface area contributed by atoms with Gasteiger partial charge in [0.05, 0.1) is 12.1 Å². The maximum Gasteiger partial charge on any atom is 0.205 e. The summed E-state index contributed by atoms with van der Waals surface area (Å²) in [5.74, 6) is 0. The van der Waals surface area contributed by atoms with E-state index in [9.17, 15) is 9.83 Å². The molecule has 0 unspecified atom stereocenters. The average molecular weight is 451 g/mol. The van der Waals surface area contributed by atoms with Crippen LogP contribution in [0.4, 0.5) is 0 Å². The Bertz CT molecular complexity index is 1210. The van der Waals surface area contributed by atoms with Gasteiger partial charge in [0.2, 0.25) is 7.29 Å². The van der Waals surface area contributed by atoms with E-state index in [0.29, 0.717) is 17.0 Å². The maximum absolute atomic E-state index is 14.9. The molecule has 4 rings (SSSR count). The van der Waals surface area contributed by atoms with Crippen molar-refractivity contribution in [3.05, 3.63) is 132 Å². The van der Waals surface area contributed by atoms with E-state index in [2.05, 4.69) is 11.2 Å². The van der Waals surface area contributed by atoms with Crippen LogP contribution in [0.2, 0.25) is 0 Å². The van der Waals surface area contributed by atoms with E-state index in [1.165, 1.54) is 0 Å². The monoisotopic (exact) mass is 450 g/mol. The third-order valence-electron chi connectivity index (χ3n) is 6.22. The molecule has 164 valence electrons. The standard InChI is InChI=1S/C29H27N2OP/c1-2-29(23-30,25-17-9-4-10-18-25)28(24-15-7-3-8-16-24)31-33(32,26-19-11-5-12-20-26)27-21-13-6-14-22-27/h3-22,28H,2H2,1H3,(H,31,32)/t28-,29-/m1/s1. The summed E-state index contributed by atoms with van der Waals surface area (Å²) in [4.78, 5) is 0. The van der Waals surface area contributed by atoms with Crippen LogP contribution in [0.1, 0.15) is 30.5 Å². The summed E-state index contributed by atoms with van der Waals surface area (Å²) in [5, 5.41) is 15.6. The number of nitrogens with zero attached hydrogens (tertiary/aromatic N) is 1. The second-order valence-corrected chi connectivity index (χ2v) is 10.6. The maximum atomic E-state index is 14.9. The molecule has 0 saturated carbocycles. The van der Waals surface area contributed by atoms with Crippen LogP contribution in [0.5, 0.6) is 0 Å². The first-order valence-electron chi connectivity index (χ1n) is 11.1. The van der Waals surface area contributed by atoms with E-state index in [4.69, 9.17) is 0 Å². The normalized spacial score (nSPS) is 14.1. The van der Waals surface area contributed by atoms with Gasteiger partial charge in [0.15, 0.2) is 0 Å². The molecule has 0 fully saturated rings. The van der Waals surface area contributed by atoms with E-state index in [0.717, 1.165) is 11.1 Å². The van der Waals surface area contributed by atoms with E-state index >= 15 is 0 Å². The molecule has 0 aliphatic carbocycles. The van der Waals surface area contributed by atoms with Crippen LogP contribution in [0.3, 0.4) is 0 Å². The zero-order chi connectivity index (χ0) is 23.2. The minimum Gasteiger partial charge on any atom is -0.297 e. The molecule has 33 heavy (non-hydrogen) atoms. The van der Waals surface area contributed by atoms with Gasteiger partial charge in [-0.1, -0.05) is 104 Å². The Balaban J connectivity index is 1.95. The molecule has 0 aromatic heterocycles. The van der Waals surface area contributed by atoms with Gasteiger partial charge < -0.3 is 0 Å². The largest absolute Gasteiger partial charge is 0.297 e. The fourth-order valence-corrected chi connectivity index (χ4v) is 6.90. The van der Waals surface area contributed by atoms with Crippen molar-refractivity contribution >= 4 is 17.9 Å². The zero-order valence-corrected chi connectivity index (χ0v) is 19.5. The van der Waals surface area contributed by atoms with Crippen molar-refractivity contribution in [3.8, 4) is 6.07 Å². The number of nitriles is 1. The highest BCUT2D eigenvalue weighted by atomic mass is 31.2. The first-order valence-corrected chi connectivity index (χ1v) is 12.9. The third kappa shape index (κ3) is 4.41. The molecule has 4 heteroatoms. The fraction of sp³-hybridized carbons (Fsp3) is 0.138. The van der Waals surface area contributed by atoms with E-state index in [1.807, 2.05) is 128 Å². The molecule has 0 aliphatic rings. The Hall–Kier alpha value is -3.44. The predicted molar refractivity (Wildman–Crippen MR) is 136 cm³/mol. The lowest BCUT2D eigenvalue weighted by Gasteiger charge is -2.38. The molecule has 3 nitrogen and oxygen atoms in total. The van der Waals surface area contributed by atoms with Gasteiger partial charge in [-0.05, 0) is 41.8 Å². The number of nitrogens with one attached hydrogen (secondary N) is 1. The van der Waals surface area contributed by atoms with Gasteiger partial charge in [0.1, 0.15) is 5.41 Å². The second-order valence-electron chi connectivity index (χ2n) is 8.06. The van der Waals surface area contributed by atoms with Crippen LogP contribution in [0, 0.1) is 11.3 Å². The van der Waals surface area contributed by atoms with Crippen LogP contribution in [-0.4, -0.2) is 0 Å². The first-order chi connectivity index (χ1) is 16.1. The SMILES string of the molecule is CC[C@@](C#N)(c1ccccc1)[C@H](NP(=O)(c1ccccc1)c1ccccc1)c1ccccc1. The topological polar surface area (TPSA) is 52.9 Å². The predicted octanol–water partition coefficient (Wildman–Crippen LogP) is 6.12. The smallest absolute Gasteiger partial charge is 0.205 e. The Morgan fingerprint density at radius 3 is 1.61 bits per heavy atom. The van der Waals surface area contributed by atoms with Gasteiger partial charge in [0.25, 0.3) is 0 Å². The minimum atomic E-state index is -3.29. The molecule has 4 aromatic carbocycles. The fourth-order valence-electron chi connectivity index (χ4n) is 4.39. The molecule has 0 spiro atoms. The van der Waals surface area contributed by atoms with Crippen LogP contribution in [0.25, 0.3) is 0 Å². The summed E-state index contributed by atoms with van der Waals surface area (Å²) in [5.41, 5.74) is 0.919. The lowest BCUT2D eigenvalue weighted by atomic mass is 9.71. The quantitative estimate of drug-likeness (QED) is 0.329. The zero-order valence-electron chi connectivity index (χ0n) is 18.6. The van der Waals surface area contributed by atoms with Crippen molar-refractivity contribution in [1.82, 2.24) is 5.09 Å². The van der Waals surface area contributed by atoms with Crippen molar-refractivity contribution in [2.75, 3.05) is 0 Å². The molecule has 0 amide bonds. The lowest BCUT2D eigenvalue weighted by Crippen LogP contribution is -2.42. The Labute approximate surface area is 196 Å². The Morgan fingerprint density at radius 1 is 0.758 bits per heavy atom. The second kappa shape index (κ2) is 10.0. The number of hydrogen-bond acceptors (Lipinski definition) is 2. The average Bonchev–Trinajstić information content (AvgIpc) is 2.91. The molecule has 0 saturated heterocycles. The molecular formula is C29H27N2OP. The van der Waals surface area contributed by atoms with Crippen LogP contribution >= 0.6 is 7.29 Å². The molecule has 4 aromatic rings. The molecule has 0 heterocycles. The number of rotatable bonds is 8. The molecule has 0 aliphatic heterocycles. The van der Waals surface area contributed by atoms with Crippen molar-refractivity contribution < 1.29 is 4.57 Å². The third-order valence-corrected chi connectivity index (χ3v) is 8.89. The summed E-state index contributed by atoms with van der Waals surface area (Å²) in [6.45, 7) is 2.02. The highest BCUT2D eigenvalue weighted by Gasteiger charge is 2.44. The first kappa shape index (κ1) is 22.7. The van der Waals surface area contributed by atoms with Gasteiger partial charge >= 0.3 is 0 Å². The number of benzene rings is 4. The van der Waals surface area contributed by atoms with Crippen molar-refractivity contribution in [2.45, 2.75) is 24.8 Å². The molecular weight excluding hydrogens is 423 g/mol. The molecule has 2 atom stereocenters. The van der Waals surface area contributed by atoms with E-state index in [1.54, 1.807) is 0 Å². The van der Waals surface area contributed by atoms with Crippen molar-refractivity contribution in [3.63, 3.8) is 0 Å². The molecule has 0 bridgehead atoms. The van der Waals surface area contributed by atoms with Gasteiger partial charge in [-0.3, -0.25) is 9.65 Å². The lowest BCUT2D eigenvalue weighted by molar-refractivity contribution is 0.400. The Morgan fingerprint density at radius 2 is 1.18 bits per heavy atom. The van der Waals surface area contributed by atoms with Gasteiger partial charge in [-0.25, -0.2) is 0 Å². The van der Waals surface area contributed by atoms with Crippen molar-refractivity contribution in [2.24, 2.45) is 0 Å². The van der Waals surface area contributed by atoms with Gasteiger partial charge in [0, 0.05) is 10.6 Å². The summed E-state index contributed by atoms with van der Waals surface area (Å²) >= 11 is 0. The van der Waals surface area contributed by atoms with Crippen LogP contribution in [0.15, 0.2) is 121 Å². The van der Waals surface area contributed by atoms with Gasteiger partial charge in [-0.15, -0.1) is 0 Å². The van der Waals surface area contributed by atoms with Gasteiger partial charge in [-0.2, -0.15) is 5.26 Å². The summed E-state index contributed by atoms with van der Waals surface area (Å²) in [7, 11) is -3.29. The summed E-state index contributed by atoms with van der Waals surface area (Å²) < 4.78 is 14.9. The molecule has 0 radical (unpaired) electrons. The highest BCUT2D eigenvalue weighted by Crippen LogP contribution is 2.48. The molecule has 1 N–H and O–H groups in total. The number of hydrogen-bond donors (Lipinski definition) is 1. The Kier molecular flexibility index (Phi) is 6.90. The van der Waals surface area contributed by atoms with Crippen molar-refractivity contribution in [1.29, 1.82) is 5.26 Å². The van der Waals surface area contributed by atoms with Crippen LogP contribution < -0.4 is 15.7 Å². The summed E-state index contributed by atoms with van der Waals surface area (Å²) in [6.07, 6.45) is 0.559.